The maximum absolute atomic E-state index is 12.4. The summed E-state index contributed by atoms with van der Waals surface area (Å²) in [7, 11) is 0.982. The van der Waals surface area contributed by atoms with Gasteiger partial charge in [-0.1, -0.05) is 0 Å². The lowest BCUT2D eigenvalue weighted by molar-refractivity contribution is -0.143. The number of rotatable bonds is 1. The van der Waals surface area contributed by atoms with E-state index >= 15 is 0 Å². The van der Waals surface area contributed by atoms with E-state index in [1.807, 2.05) is 0 Å². The summed E-state index contributed by atoms with van der Waals surface area (Å²) < 4.78 is 78.9. The van der Waals surface area contributed by atoms with Crippen molar-refractivity contribution in [2.24, 2.45) is 0 Å². The van der Waals surface area contributed by atoms with Crippen LogP contribution < -0.4 is 0 Å². The van der Waals surface area contributed by atoms with E-state index in [0.717, 1.165) is 7.11 Å². The molecule has 0 fully saturated rings. The van der Waals surface area contributed by atoms with E-state index in [1.165, 1.54) is 0 Å². The third kappa shape index (κ3) is 3.14. The summed E-state index contributed by atoms with van der Waals surface area (Å²) in [4.78, 5) is 0. The van der Waals surface area contributed by atoms with Gasteiger partial charge in [0.05, 0.1) is 18.2 Å². The molecule has 0 radical (unpaired) electrons. The highest BCUT2D eigenvalue weighted by Crippen LogP contribution is 2.36. The highest BCUT2D eigenvalue weighted by molar-refractivity contribution is 5.92. The van der Waals surface area contributed by atoms with Crippen molar-refractivity contribution in [2.75, 3.05) is 7.11 Å². The summed E-state index contributed by atoms with van der Waals surface area (Å²) in [6.45, 7) is 0. The Morgan fingerprint density at radius 1 is 0.944 bits per heavy atom. The zero-order chi connectivity index (χ0) is 14.1. The van der Waals surface area contributed by atoms with Gasteiger partial charge in [-0.2, -0.15) is 26.3 Å². The molecule has 0 aliphatic heterocycles. The molecule has 1 aromatic carbocycles. The van der Waals surface area contributed by atoms with Crippen molar-refractivity contribution in [3.8, 4) is 0 Å². The van der Waals surface area contributed by atoms with Crippen molar-refractivity contribution >= 4 is 5.90 Å². The second-order valence-corrected chi connectivity index (χ2v) is 3.33. The van der Waals surface area contributed by atoms with Crippen LogP contribution in [0.1, 0.15) is 16.7 Å². The van der Waals surface area contributed by atoms with Crippen LogP contribution in [-0.4, -0.2) is 13.0 Å². The largest absolute Gasteiger partial charge is 0.481 e. The van der Waals surface area contributed by atoms with Crippen LogP contribution in [0.5, 0.6) is 0 Å². The molecule has 1 rings (SSSR count). The molecule has 0 saturated heterocycles. The van der Waals surface area contributed by atoms with Gasteiger partial charge in [-0.3, -0.25) is 5.41 Å². The number of nitrogens with one attached hydrogen (secondary N) is 1. The van der Waals surface area contributed by atoms with E-state index in [-0.39, 0.29) is 6.07 Å². The van der Waals surface area contributed by atoms with Gasteiger partial charge in [0.15, 0.2) is 0 Å². The van der Waals surface area contributed by atoms with Gasteiger partial charge >= 0.3 is 12.4 Å². The monoisotopic (exact) mass is 271 g/mol. The first-order valence-corrected chi connectivity index (χ1v) is 4.48. The number of methoxy groups -OCH3 is 1. The van der Waals surface area contributed by atoms with Gasteiger partial charge < -0.3 is 4.74 Å². The topological polar surface area (TPSA) is 33.1 Å². The maximum Gasteiger partial charge on any atom is 0.416 e. The summed E-state index contributed by atoms with van der Waals surface area (Å²) in [6.07, 6.45) is -9.85. The number of ether oxygens (including phenoxy) is 1. The van der Waals surface area contributed by atoms with Crippen molar-refractivity contribution in [2.45, 2.75) is 12.4 Å². The lowest BCUT2D eigenvalue weighted by atomic mass is 10.0. The molecule has 1 N–H and O–H groups in total. The Balaban J connectivity index is 3.44. The van der Waals surface area contributed by atoms with E-state index in [1.54, 1.807) is 0 Å². The Bertz CT molecular complexity index is 430. The standard InChI is InChI=1S/C10H7F6NO/c1-18-8(17)5-2-6(9(11,12)13)4-7(3-5)10(14,15)16/h2-4,17H,1H3. The molecule has 0 spiro atoms. The molecule has 0 heterocycles. The van der Waals surface area contributed by atoms with Crippen LogP contribution in [0.15, 0.2) is 18.2 Å². The minimum Gasteiger partial charge on any atom is -0.481 e. The molecule has 0 aliphatic carbocycles. The van der Waals surface area contributed by atoms with Crippen molar-refractivity contribution < 1.29 is 31.1 Å². The van der Waals surface area contributed by atoms with Crippen LogP contribution in [-0.2, 0) is 17.1 Å². The second kappa shape index (κ2) is 4.51. The summed E-state index contributed by atoms with van der Waals surface area (Å²) >= 11 is 0. The Morgan fingerprint density at radius 2 is 1.33 bits per heavy atom. The molecule has 0 aromatic heterocycles. The molecule has 0 amide bonds. The van der Waals surface area contributed by atoms with Gasteiger partial charge in [-0.15, -0.1) is 0 Å². The molecule has 18 heavy (non-hydrogen) atoms. The maximum atomic E-state index is 12.4. The number of alkyl halides is 6. The van der Waals surface area contributed by atoms with Gasteiger partial charge in [0.25, 0.3) is 0 Å². The number of benzene rings is 1. The van der Waals surface area contributed by atoms with E-state index in [9.17, 15) is 26.3 Å². The third-order valence-electron chi connectivity index (χ3n) is 2.05. The van der Waals surface area contributed by atoms with Gasteiger partial charge in [0.1, 0.15) is 0 Å². The molecule has 8 heteroatoms. The van der Waals surface area contributed by atoms with Crippen molar-refractivity contribution in [1.82, 2.24) is 0 Å². The molecule has 0 saturated carbocycles. The van der Waals surface area contributed by atoms with E-state index in [2.05, 4.69) is 4.74 Å². The van der Waals surface area contributed by atoms with E-state index in [4.69, 9.17) is 5.41 Å². The van der Waals surface area contributed by atoms with E-state index < -0.39 is 34.9 Å². The smallest absolute Gasteiger partial charge is 0.416 e. The number of halogens is 6. The van der Waals surface area contributed by atoms with Crippen LogP contribution in [0.3, 0.4) is 0 Å². The predicted octanol–water partition coefficient (Wildman–Crippen LogP) is 3.70. The Labute approximate surface area is 97.7 Å². The lowest BCUT2D eigenvalue weighted by Crippen LogP contribution is -2.14. The zero-order valence-corrected chi connectivity index (χ0v) is 8.91. The van der Waals surface area contributed by atoms with Crippen molar-refractivity contribution in [1.29, 1.82) is 5.41 Å². The highest BCUT2D eigenvalue weighted by atomic mass is 19.4. The highest BCUT2D eigenvalue weighted by Gasteiger charge is 2.37. The fraction of sp³-hybridized carbons (Fsp3) is 0.300. The summed E-state index contributed by atoms with van der Waals surface area (Å²) in [5.74, 6) is -0.772. The Kier molecular flexibility index (Phi) is 3.59. The normalized spacial score (nSPS) is 12.4. The third-order valence-corrected chi connectivity index (χ3v) is 2.05. The molecular weight excluding hydrogens is 264 g/mol. The molecule has 0 bridgehead atoms. The molecule has 2 nitrogen and oxygen atoms in total. The summed E-state index contributed by atoms with van der Waals surface area (Å²) in [6, 6.07) is 0.856. The van der Waals surface area contributed by atoms with Gasteiger partial charge in [0, 0.05) is 5.56 Å². The molecule has 0 atom stereocenters. The first kappa shape index (κ1) is 14.3. The molecule has 1 aromatic rings. The molecular formula is C10H7F6NO. The molecule has 100 valence electrons. The second-order valence-electron chi connectivity index (χ2n) is 3.33. The van der Waals surface area contributed by atoms with Crippen molar-refractivity contribution in [3.63, 3.8) is 0 Å². The van der Waals surface area contributed by atoms with Gasteiger partial charge in [0.2, 0.25) is 5.90 Å². The van der Waals surface area contributed by atoms with Crippen LogP contribution in [0.25, 0.3) is 0 Å². The first-order valence-electron chi connectivity index (χ1n) is 4.48. The summed E-state index contributed by atoms with van der Waals surface area (Å²) in [5.41, 5.74) is -3.54. The SMILES string of the molecule is COC(=N)c1cc(C(F)(F)F)cc(C(F)(F)F)c1. The quantitative estimate of drug-likeness (QED) is 0.471. The average Bonchev–Trinajstić information content (AvgIpc) is 2.25. The molecule has 0 unspecified atom stereocenters. The van der Waals surface area contributed by atoms with E-state index in [0.29, 0.717) is 12.1 Å². The number of hydrogen-bond donors (Lipinski definition) is 1. The van der Waals surface area contributed by atoms with Crippen LogP contribution in [0.2, 0.25) is 0 Å². The minimum absolute atomic E-state index is 0.00750. The Hall–Kier alpha value is -1.73. The van der Waals surface area contributed by atoms with Crippen LogP contribution in [0, 0.1) is 5.41 Å². The fourth-order valence-corrected chi connectivity index (χ4v) is 1.20. The van der Waals surface area contributed by atoms with Crippen LogP contribution >= 0.6 is 0 Å². The zero-order valence-electron chi connectivity index (χ0n) is 8.91. The average molecular weight is 271 g/mol. The summed E-state index contributed by atoms with van der Waals surface area (Å²) in [5, 5.41) is 7.12. The van der Waals surface area contributed by atoms with Crippen molar-refractivity contribution in [3.05, 3.63) is 34.9 Å². The fourth-order valence-electron chi connectivity index (χ4n) is 1.20. The predicted molar refractivity (Wildman–Crippen MR) is 50.3 cm³/mol. The van der Waals surface area contributed by atoms with Gasteiger partial charge in [-0.05, 0) is 18.2 Å². The Morgan fingerprint density at radius 3 is 1.61 bits per heavy atom. The lowest BCUT2D eigenvalue weighted by Gasteiger charge is -2.14. The first-order chi connectivity index (χ1) is 8.05. The number of hydrogen-bond acceptors (Lipinski definition) is 2. The van der Waals surface area contributed by atoms with Gasteiger partial charge in [-0.25, -0.2) is 0 Å². The minimum atomic E-state index is -4.93. The molecule has 0 aliphatic rings. The van der Waals surface area contributed by atoms with Crippen LogP contribution in [0.4, 0.5) is 26.3 Å².